The van der Waals surface area contributed by atoms with Gasteiger partial charge >= 0.3 is 0 Å². The zero-order valence-electron chi connectivity index (χ0n) is 10.7. The largest absolute Gasteiger partial charge is 0.238 e. The lowest BCUT2D eigenvalue weighted by Crippen LogP contribution is -2.27. The van der Waals surface area contributed by atoms with Gasteiger partial charge in [-0.1, -0.05) is 20.8 Å². The second-order valence-electron chi connectivity index (χ2n) is 5.64. The summed E-state index contributed by atoms with van der Waals surface area (Å²) in [5, 5.41) is 0. The molecule has 0 saturated heterocycles. The number of aromatic nitrogens is 2. The van der Waals surface area contributed by atoms with E-state index in [1.54, 1.807) is 0 Å². The molecular weight excluding hydrogens is 236 g/mol. The Morgan fingerprint density at radius 2 is 1.82 bits per heavy atom. The normalized spacial score (nSPS) is 18.8. The number of nitrogens with zero attached hydrogens (tertiary/aromatic N) is 2. The SMILES string of the molecule is Cc1nc2c(c(C(C)(C)C)n1)CS(=O)(=O)CC2. The smallest absolute Gasteiger partial charge is 0.154 e. The minimum atomic E-state index is -2.97. The maximum absolute atomic E-state index is 11.7. The second kappa shape index (κ2) is 3.77. The molecule has 1 aromatic rings. The number of hydrogen-bond acceptors (Lipinski definition) is 4. The van der Waals surface area contributed by atoms with E-state index in [-0.39, 0.29) is 16.9 Å². The highest BCUT2D eigenvalue weighted by atomic mass is 32.2. The zero-order valence-corrected chi connectivity index (χ0v) is 11.6. The summed E-state index contributed by atoms with van der Waals surface area (Å²) >= 11 is 0. The molecule has 0 radical (unpaired) electrons. The molecule has 0 bridgehead atoms. The third kappa shape index (κ3) is 2.49. The standard InChI is InChI=1S/C12H18N2O2S/c1-8-13-10-5-6-17(15,16)7-9(10)11(14-8)12(2,3)4/h5-7H2,1-4H3. The molecule has 4 nitrogen and oxygen atoms in total. The molecular formula is C12H18N2O2S. The molecule has 1 aromatic heterocycles. The summed E-state index contributed by atoms with van der Waals surface area (Å²) in [7, 11) is -2.97. The molecule has 17 heavy (non-hydrogen) atoms. The fourth-order valence-electron chi connectivity index (χ4n) is 2.18. The van der Waals surface area contributed by atoms with Gasteiger partial charge in [-0.2, -0.15) is 0 Å². The molecule has 0 aromatic carbocycles. The third-order valence-corrected chi connectivity index (χ3v) is 4.48. The van der Waals surface area contributed by atoms with E-state index < -0.39 is 9.84 Å². The average molecular weight is 254 g/mol. The molecule has 2 heterocycles. The highest BCUT2D eigenvalue weighted by molar-refractivity contribution is 7.90. The molecule has 0 saturated carbocycles. The Kier molecular flexibility index (Phi) is 2.77. The first-order valence-corrected chi connectivity index (χ1v) is 7.58. The Labute approximate surface area is 102 Å². The van der Waals surface area contributed by atoms with Crippen molar-refractivity contribution >= 4 is 9.84 Å². The van der Waals surface area contributed by atoms with E-state index >= 15 is 0 Å². The Balaban J connectivity index is 2.66. The van der Waals surface area contributed by atoms with E-state index in [1.165, 1.54) is 0 Å². The van der Waals surface area contributed by atoms with Crippen molar-refractivity contribution in [3.05, 3.63) is 22.8 Å². The van der Waals surface area contributed by atoms with Gasteiger partial charge in [0.05, 0.1) is 17.2 Å². The summed E-state index contributed by atoms with van der Waals surface area (Å²) < 4.78 is 23.4. The second-order valence-corrected chi connectivity index (χ2v) is 7.82. The summed E-state index contributed by atoms with van der Waals surface area (Å²) in [6.07, 6.45) is 0.518. The summed E-state index contributed by atoms with van der Waals surface area (Å²) in [6, 6.07) is 0. The van der Waals surface area contributed by atoms with Gasteiger partial charge in [0.1, 0.15) is 5.82 Å². The molecule has 0 unspecified atom stereocenters. The number of fused-ring (bicyclic) bond motifs is 1. The first-order valence-electron chi connectivity index (χ1n) is 5.76. The molecule has 94 valence electrons. The van der Waals surface area contributed by atoms with Gasteiger partial charge in [-0.15, -0.1) is 0 Å². The minimum Gasteiger partial charge on any atom is -0.238 e. The highest BCUT2D eigenvalue weighted by Crippen LogP contribution is 2.30. The van der Waals surface area contributed by atoms with E-state index in [1.807, 2.05) is 6.92 Å². The number of rotatable bonds is 0. The number of hydrogen-bond donors (Lipinski definition) is 0. The Morgan fingerprint density at radius 1 is 1.18 bits per heavy atom. The van der Waals surface area contributed by atoms with Gasteiger partial charge in [-0.05, 0) is 6.92 Å². The van der Waals surface area contributed by atoms with Gasteiger partial charge in [0, 0.05) is 23.1 Å². The van der Waals surface area contributed by atoms with E-state index in [9.17, 15) is 8.42 Å². The molecule has 1 aliphatic rings. The summed E-state index contributed by atoms with van der Waals surface area (Å²) in [5.74, 6) is 1.03. The highest BCUT2D eigenvalue weighted by Gasteiger charge is 2.30. The van der Waals surface area contributed by atoms with E-state index in [4.69, 9.17) is 0 Å². The molecule has 0 fully saturated rings. The van der Waals surface area contributed by atoms with Crippen LogP contribution in [0.4, 0.5) is 0 Å². The van der Waals surface area contributed by atoms with Crippen LogP contribution in [0.5, 0.6) is 0 Å². The van der Waals surface area contributed by atoms with Crippen LogP contribution in [0.1, 0.15) is 43.5 Å². The average Bonchev–Trinajstić information content (AvgIpc) is 2.15. The number of aryl methyl sites for hydroxylation is 2. The van der Waals surface area contributed by atoms with E-state index in [0.717, 1.165) is 22.8 Å². The van der Waals surface area contributed by atoms with Crippen molar-refractivity contribution in [1.82, 2.24) is 9.97 Å². The van der Waals surface area contributed by atoms with E-state index in [0.29, 0.717) is 6.42 Å². The lowest BCUT2D eigenvalue weighted by Gasteiger charge is -2.26. The van der Waals surface area contributed by atoms with Crippen LogP contribution >= 0.6 is 0 Å². The fraction of sp³-hybridized carbons (Fsp3) is 0.667. The van der Waals surface area contributed by atoms with Crippen LogP contribution in [0.15, 0.2) is 0 Å². The van der Waals surface area contributed by atoms with Gasteiger partial charge < -0.3 is 0 Å². The van der Waals surface area contributed by atoms with Crippen molar-refractivity contribution in [1.29, 1.82) is 0 Å². The van der Waals surface area contributed by atoms with E-state index in [2.05, 4.69) is 30.7 Å². The van der Waals surface area contributed by atoms with Gasteiger partial charge in [-0.25, -0.2) is 18.4 Å². The summed E-state index contributed by atoms with van der Waals surface area (Å²) in [6.45, 7) is 8.02. The molecule has 0 spiro atoms. The maximum Gasteiger partial charge on any atom is 0.154 e. The van der Waals surface area contributed by atoms with Crippen LogP contribution in [0.2, 0.25) is 0 Å². The first kappa shape index (κ1) is 12.5. The predicted octanol–water partition coefficient (Wildman–Crippen LogP) is 1.55. The minimum absolute atomic E-state index is 0.0925. The lowest BCUT2D eigenvalue weighted by atomic mass is 9.88. The third-order valence-electron chi connectivity index (χ3n) is 2.93. The topological polar surface area (TPSA) is 59.9 Å². The van der Waals surface area contributed by atoms with Crippen molar-refractivity contribution in [2.24, 2.45) is 0 Å². The maximum atomic E-state index is 11.7. The Hall–Kier alpha value is -0.970. The molecule has 1 aliphatic heterocycles. The first-order chi connectivity index (χ1) is 7.69. The van der Waals surface area contributed by atoms with Crippen molar-refractivity contribution < 1.29 is 8.42 Å². The van der Waals surface area contributed by atoms with Crippen LogP contribution in [0.3, 0.4) is 0 Å². The molecule has 0 N–H and O–H groups in total. The molecule has 0 atom stereocenters. The van der Waals surface area contributed by atoms with Crippen molar-refractivity contribution in [2.75, 3.05) is 5.75 Å². The van der Waals surface area contributed by atoms with Crippen LogP contribution in [-0.4, -0.2) is 24.1 Å². The zero-order chi connectivity index (χ0) is 12.8. The fourth-order valence-corrected chi connectivity index (χ4v) is 3.57. The van der Waals surface area contributed by atoms with Crippen LogP contribution in [0.25, 0.3) is 0 Å². The van der Waals surface area contributed by atoms with Crippen molar-refractivity contribution in [3.8, 4) is 0 Å². The molecule has 0 amide bonds. The summed E-state index contributed by atoms with van der Waals surface area (Å²) in [4.78, 5) is 8.83. The molecule has 2 rings (SSSR count). The van der Waals surface area contributed by atoms with Gasteiger partial charge in [-0.3, -0.25) is 0 Å². The van der Waals surface area contributed by atoms with Crippen LogP contribution in [-0.2, 0) is 27.4 Å². The van der Waals surface area contributed by atoms with Gasteiger partial charge in [0.25, 0.3) is 0 Å². The lowest BCUT2D eigenvalue weighted by molar-refractivity contribution is 0.549. The van der Waals surface area contributed by atoms with Crippen LogP contribution in [0, 0.1) is 6.92 Å². The molecule has 5 heteroatoms. The Bertz CT molecular complexity index is 557. The van der Waals surface area contributed by atoms with Gasteiger partial charge in [0.15, 0.2) is 9.84 Å². The van der Waals surface area contributed by atoms with Gasteiger partial charge in [0.2, 0.25) is 0 Å². The molecule has 0 aliphatic carbocycles. The predicted molar refractivity (Wildman–Crippen MR) is 66.7 cm³/mol. The van der Waals surface area contributed by atoms with Crippen molar-refractivity contribution in [2.45, 2.75) is 45.3 Å². The number of sulfone groups is 1. The van der Waals surface area contributed by atoms with Crippen molar-refractivity contribution in [3.63, 3.8) is 0 Å². The monoisotopic (exact) mass is 254 g/mol. The quantitative estimate of drug-likeness (QED) is 0.705. The summed E-state index contributed by atoms with van der Waals surface area (Å²) in [5.41, 5.74) is 2.47. The van der Waals surface area contributed by atoms with Crippen LogP contribution < -0.4 is 0 Å². The Morgan fingerprint density at radius 3 is 2.41 bits per heavy atom.